The highest BCUT2D eigenvalue weighted by Crippen LogP contribution is 2.29. The molecule has 1 saturated heterocycles. The number of aryl methyl sites for hydroxylation is 3. The van der Waals surface area contributed by atoms with Crippen molar-refractivity contribution < 1.29 is 22.5 Å². The number of carbonyl (C=O) groups excluding carboxylic acids is 1. The first-order valence-corrected chi connectivity index (χ1v) is 12.3. The van der Waals surface area contributed by atoms with E-state index in [0.717, 1.165) is 11.3 Å². The second-order valence-corrected chi connectivity index (χ2v) is 10.2. The first-order valence-electron chi connectivity index (χ1n) is 10.8. The Labute approximate surface area is 193 Å². The monoisotopic (exact) mass is 469 g/mol. The number of benzene rings is 2. The van der Waals surface area contributed by atoms with Gasteiger partial charge in [0.15, 0.2) is 5.76 Å². The minimum atomic E-state index is -3.78. The van der Waals surface area contributed by atoms with Crippen LogP contribution in [0.4, 0.5) is 5.69 Å². The van der Waals surface area contributed by atoms with E-state index in [-0.39, 0.29) is 23.1 Å². The number of hydrogen-bond acceptors (Lipinski definition) is 6. The Hall–Kier alpha value is -3.17. The molecule has 174 valence electrons. The van der Waals surface area contributed by atoms with Crippen molar-refractivity contribution in [1.82, 2.24) is 9.46 Å². The number of nitrogens with zero attached hydrogens (tertiary/aromatic N) is 2. The molecule has 0 saturated carbocycles. The number of amides is 1. The van der Waals surface area contributed by atoms with Gasteiger partial charge in [0.2, 0.25) is 15.9 Å². The van der Waals surface area contributed by atoms with E-state index in [1.165, 1.54) is 4.31 Å². The molecule has 0 bridgehead atoms. The lowest BCUT2D eigenvalue weighted by atomic mass is 9.99. The van der Waals surface area contributed by atoms with Crippen molar-refractivity contribution >= 4 is 21.6 Å². The quantitative estimate of drug-likeness (QED) is 0.573. The molecule has 1 fully saturated rings. The van der Waals surface area contributed by atoms with Gasteiger partial charge in [0.05, 0.1) is 5.92 Å². The summed E-state index contributed by atoms with van der Waals surface area (Å²) in [5.41, 5.74) is 2.11. The zero-order valence-corrected chi connectivity index (χ0v) is 19.7. The van der Waals surface area contributed by atoms with E-state index >= 15 is 0 Å². The third-order valence-corrected chi connectivity index (χ3v) is 7.81. The minimum Gasteiger partial charge on any atom is -0.457 e. The molecule has 1 aliphatic heterocycles. The number of rotatable bonds is 6. The third-order valence-electron chi connectivity index (χ3n) is 5.70. The molecule has 2 aromatic carbocycles. The molecule has 1 amide bonds. The van der Waals surface area contributed by atoms with Gasteiger partial charge in [-0.05, 0) is 70.0 Å². The summed E-state index contributed by atoms with van der Waals surface area (Å²) in [7, 11) is -3.78. The second-order valence-electron chi connectivity index (χ2n) is 8.28. The van der Waals surface area contributed by atoms with Gasteiger partial charge in [-0.2, -0.15) is 4.31 Å². The van der Waals surface area contributed by atoms with Crippen molar-refractivity contribution in [1.29, 1.82) is 0 Å². The number of nitrogens with one attached hydrogen (secondary N) is 1. The Morgan fingerprint density at radius 2 is 1.70 bits per heavy atom. The molecule has 0 radical (unpaired) electrons. The maximum Gasteiger partial charge on any atom is 0.248 e. The average molecular weight is 470 g/mol. The van der Waals surface area contributed by atoms with Gasteiger partial charge in [-0.1, -0.05) is 22.9 Å². The van der Waals surface area contributed by atoms with E-state index in [1.807, 2.05) is 31.2 Å². The number of aromatic nitrogens is 1. The molecule has 3 aromatic rings. The summed E-state index contributed by atoms with van der Waals surface area (Å²) < 4.78 is 38.4. The summed E-state index contributed by atoms with van der Waals surface area (Å²) in [5, 5.41) is 6.65. The molecular weight excluding hydrogens is 442 g/mol. The minimum absolute atomic E-state index is 0.0905. The number of piperidine rings is 1. The standard InChI is InChI=1S/C24H27N3O5S/c1-16-6-10-21(11-7-16)31-22-12-8-20(9-13-22)25-24(28)19-5-4-14-27(15-19)33(29,30)23-17(2)26-32-18(23)3/h6-13,19H,4-5,14-15H2,1-3H3,(H,25,28)/t19-/m1/s1. The van der Waals surface area contributed by atoms with Crippen LogP contribution in [0.1, 0.15) is 29.9 Å². The van der Waals surface area contributed by atoms with E-state index in [2.05, 4.69) is 10.5 Å². The van der Waals surface area contributed by atoms with Crippen LogP contribution >= 0.6 is 0 Å². The lowest BCUT2D eigenvalue weighted by molar-refractivity contribution is -0.120. The van der Waals surface area contributed by atoms with E-state index in [0.29, 0.717) is 36.5 Å². The normalized spacial score (nSPS) is 17.0. The molecule has 1 atom stereocenters. The van der Waals surface area contributed by atoms with Crippen molar-refractivity contribution in [2.24, 2.45) is 5.92 Å². The van der Waals surface area contributed by atoms with Crippen LogP contribution in [-0.2, 0) is 14.8 Å². The highest BCUT2D eigenvalue weighted by molar-refractivity contribution is 7.89. The van der Waals surface area contributed by atoms with Gasteiger partial charge in [0, 0.05) is 18.8 Å². The lowest BCUT2D eigenvalue weighted by Gasteiger charge is -2.31. The Kier molecular flexibility index (Phi) is 6.53. The zero-order valence-electron chi connectivity index (χ0n) is 18.9. The van der Waals surface area contributed by atoms with Gasteiger partial charge >= 0.3 is 0 Å². The van der Waals surface area contributed by atoms with Crippen molar-refractivity contribution in [2.45, 2.75) is 38.5 Å². The Morgan fingerprint density at radius 3 is 2.30 bits per heavy atom. The summed E-state index contributed by atoms with van der Waals surface area (Å²) in [4.78, 5) is 13.0. The number of hydrogen-bond donors (Lipinski definition) is 1. The van der Waals surface area contributed by atoms with Gasteiger partial charge in [0.1, 0.15) is 22.1 Å². The maximum absolute atomic E-state index is 13.1. The van der Waals surface area contributed by atoms with Gasteiger partial charge in [-0.15, -0.1) is 0 Å². The fourth-order valence-electron chi connectivity index (χ4n) is 3.94. The van der Waals surface area contributed by atoms with Crippen LogP contribution < -0.4 is 10.1 Å². The van der Waals surface area contributed by atoms with Crippen LogP contribution in [0.15, 0.2) is 57.9 Å². The molecule has 2 heterocycles. The highest BCUT2D eigenvalue weighted by Gasteiger charge is 2.36. The SMILES string of the molecule is Cc1ccc(Oc2ccc(NC(=O)[C@@H]3CCCN(S(=O)(=O)c4c(C)noc4C)C3)cc2)cc1. The smallest absolute Gasteiger partial charge is 0.248 e. The predicted molar refractivity (Wildman–Crippen MR) is 124 cm³/mol. The Balaban J connectivity index is 1.39. The maximum atomic E-state index is 13.1. The first kappa shape index (κ1) is 23.0. The summed E-state index contributed by atoms with van der Waals surface area (Å²) in [6.45, 7) is 5.67. The number of ether oxygens (including phenoxy) is 1. The summed E-state index contributed by atoms with van der Waals surface area (Å²) >= 11 is 0. The second kappa shape index (κ2) is 9.36. The van der Waals surface area contributed by atoms with Crippen LogP contribution in [0.25, 0.3) is 0 Å². The molecule has 0 spiro atoms. The Bertz CT molecular complexity index is 1210. The highest BCUT2D eigenvalue weighted by atomic mass is 32.2. The van der Waals surface area contributed by atoms with Gasteiger partial charge in [0.25, 0.3) is 0 Å². The topological polar surface area (TPSA) is 102 Å². The zero-order chi connectivity index (χ0) is 23.6. The van der Waals surface area contributed by atoms with Crippen molar-refractivity contribution in [3.8, 4) is 11.5 Å². The largest absolute Gasteiger partial charge is 0.457 e. The summed E-state index contributed by atoms with van der Waals surface area (Å²) in [6.07, 6.45) is 1.22. The molecule has 33 heavy (non-hydrogen) atoms. The van der Waals surface area contributed by atoms with E-state index in [9.17, 15) is 13.2 Å². The van der Waals surface area contributed by atoms with E-state index in [1.54, 1.807) is 38.1 Å². The van der Waals surface area contributed by atoms with E-state index in [4.69, 9.17) is 9.26 Å². The Morgan fingerprint density at radius 1 is 1.06 bits per heavy atom. The van der Waals surface area contributed by atoms with Crippen LogP contribution in [0.3, 0.4) is 0 Å². The van der Waals surface area contributed by atoms with Gasteiger partial charge < -0.3 is 14.6 Å². The number of carbonyl (C=O) groups is 1. The third kappa shape index (κ3) is 5.09. The van der Waals surface area contributed by atoms with Crippen molar-refractivity contribution in [3.05, 3.63) is 65.5 Å². The summed E-state index contributed by atoms with van der Waals surface area (Å²) in [5.74, 6) is 0.996. The summed E-state index contributed by atoms with van der Waals surface area (Å²) in [6, 6.07) is 14.8. The van der Waals surface area contributed by atoms with Crippen LogP contribution in [0.2, 0.25) is 0 Å². The fraction of sp³-hybridized carbons (Fsp3) is 0.333. The van der Waals surface area contributed by atoms with Crippen LogP contribution in [-0.4, -0.2) is 36.9 Å². The van der Waals surface area contributed by atoms with Crippen LogP contribution in [0, 0.1) is 26.7 Å². The molecule has 0 unspecified atom stereocenters. The first-order chi connectivity index (χ1) is 15.7. The number of sulfonamides is 1. The van der Waals surface area contributed by atoms with Gasteiger partial charge in [-0.25, -0.2) is 8.42 Å². The molecule has 0 aliphatic carbocycles. The fourth-order valence-corrected chi connectivity index (χ4v) is 5.75. The van der Waals surface area contributed by atoms with E-state index < -0.39 is 15.9 Å². The van der Waals surface area contributed by atoms with Crippen LogP contribution in [0.5, 0.6) is 11.5 Å². The molecule has 4 rings (SSSR count). The molecule has 9 heteroatoms. The molecule has 8 nitrogen and oxygen atoms in total. The predicted octanol–water partition coefficient (Wildman–Crippen LogP) is 4.43. The van der Waals surface area contributed by atoms with Gasteiger partial charge in [-0.3, -0.25) is 4.79 Å². The molecular formula is C24H27N3O5S. The lowest BCUT2D eigenvalue weighted by Crippen LogP contribution is -2.43. The van der Waals surface area contributed by atoms with Crippen molar-refractivity contribution in [3.63, 3.8) is 0 Å². The molecule has 1 aromatic heterocycles. The number of anilines is 1. The molecule has 1 aliphatic rings. The molecule has 1 N–H and O–H groups in total. The average Bonchev–Trinajstić information content (AvgIpc) is 3.15. The van der Waals surface area contributed by atoms with Crippen molar-refractivity contribution in [2.75, 3.05) is 18.4 Å².